The number of alkyl halides is 1. The van der Waals surface area contributed by atoms with Crippen LogP contribution in [0.15, 0.2) is 5.38 Å². The molecule has 0 saturated heterocycles. The largest absolute Gasteiger partial charge is 0.289 e. The Kier molecular flexibility index (Phi) is 2.13. The number of rotatable bonds is 2. The van der Waals surface area contributed by atoms with Crippen molar-refractivity contribution in [1.29, 1.82) is 0 Å². The van der Waals surface area contributed by atoms with Crippen LogP contribution in [0.1, 0.15) is 11.1 Å². The van der Waals surface area contributed by atoms with Crippen LogP contribution >= 0.6 is 23.1 Å². The van der Waals surface area contributed by atoms with Crippen molar-refractivity contribution in [2.24, 2.45) is 0 Å². The van der Waals surface area contributed by atoms with Gasteiger partial charge in [0.25, 0.3) is 0 Å². The summed E-state index contributed by atoms with van der Waals surface area (Å²) < 4.78 is 3.52. The average Bonchev–Trinajstić information content (AvgIpc) is 2.37. The molecule has 0 N–H and O–H groups in total. The zero-order valence-corrected chi connectivity index (χ0v) is 5.82. The molecule has 0 aromatic carbocycles. The minimum Gasteiger partial charge on any atom is -0.289 e. The molecule has 0 aliphatic rings. The maximum absolute atomic E-state index is 9.88. The molecule has 1 aromatic heterocycles. The molecule has 47 valence electrons. The van der Waals surface area contributed by atoms with Gasteiger partial charge in [-0.1, -0.05) is 4.49 Å². The van der Waals surface area contributed by atoms with E-state index in [9.17, 15) is 4.79 Å². The normalized spacial score (nSPS) is 13.0. The first-order valence-corrected chi connectivity index (χ1v) is 3.40. The second kappa shape index (κ2) is 2.89. The fraction of sp³-hybridized carbons (Fsp3) is 0.250. The number of halogens is 1. The van der Waals surface area contributed by atoms with E-state index >= 15 is 0 Å². The molecule has 1 rings (SSSR count). The lowest BCUT2D eigenvalue weighted by molar-refractivity contribution is 0.553. The molecule has 5 heteroatoms. The first-order chi connectivity index (χ1) is 4.34. The van der Waals surface area contributed by atoms with E-state index in [0.717, 1.165) is 11.5 Å². The second-order valence-electron chi connectivity index (χ2n) is 1.31. The predicted octanol–water partition coefficient (Wildman–Crippen LogP) is 0.928. The van der Waals surface area contributed by atoms with Crippen molar-refractivity contribution < 1.29 is 4.79 Å². The van der Waals surface area contributed by atoms with Gasteiger partial charge in [-0.05, 0) is 11.5 Å². The van der Waals surface area contributed by atoms with E-state index in [2.05, 4.69) is 9.59 Å². The molecule has 0 saturated carbocycles. The summed E-state index contributed by atoms with van der Waals surface area (Å²) in [6.45, 7) is 0. The average molecular weight is 162 g/mol. The summed E-state index contributed by atoms with van der Waals surface area (Å²) in [7, 11) is 0. The van der Waals surface area contributed by atoms with Gasteiger partial charge in [0.1, 0.15) is 11.1 Å². The van der Waals surface area contributed by atoms with Crippen LogP contribution in [0.4, 0.5) is 0 Å². The molecule has 0 aliphatic carbocycles. The van der Waals surface area contributed by atoms with Crippen LogP contribution in [0.5, 0.6) is 0 Å². The van der Waals surface area contributed by atoms with E-state index in [0.29, 0.717) is 5.69 Å². The number of aromatic nitrogens is 2. The SMILES string of the molecule is O=[C]C(Cl)c1csnn1. The number of hydrogen-bond acceptors (Lipinski definition) is 4. The van der Waals surface area contributed by atoms with Gasteiger partial charge in [0.2, 0.25) is 6.29 Å². The minimum atomic E-state index is -0.760. The highest BCUT2D eigenvalue weighted by molar-refractivity contribution is 7.03. The molecule has 0 spiro atoms. The van der Waals surface area contributed by atoms with Crippen LogP contribution in [0.25, 0.3) is 0 Å². The van der Waals surface area contributed by atoms with Gasteiger partial charge in [0, 0.05) is 5.38 Å². The van der Waals surface area contributed by atoms with Crippen LogP contribution in [0, 0.1) is 0 Å². The Morgan fingerprint density at radius 3 is 3.11 bits per heavy atom. The highest BCUT2D eigenvalue weighted by Crippen LogP contribution is 2.14. The van der Waals surface area contributed by atoms with Crippen LogP contribution in [-0.2, 0) is 4.79 Å². The van der Waals surface area contributed by atoms with Crippen LogP contribution in [0.3, 0.4) is 0 Å². The zero-order valence-electron chi connectivity index (χ0n) is 4.24. The lowest BCUT2D eigenvalue weighted by atomic mass is 10.4. The van der Waals surface area contributed by atoms with Crippen LogP contribution < -0.4 is 0 Å². The molecule has 1 heterocycles. The van der Waals surface area contributed by atoms with Gasteiger partial charge in [-0.3, -0.25) is 4.79 Å². The first-order valence-electron chi connectivity index (χ1n) is 2.13. The maximum atomic E-state index is 9.88. The van der Waals surface area contributed by atoms with E-state index in [-0.39, 0.29) is 0 Å². The zero-order chi connectivity index (χ0) is 6.69. The quantitative estimate of drug-likeness (QED) is 0.606. The molecule has 9 heavy (non-hydrogen) atoms. The Labute approximate surface area is 60.8 Å². The summed E-state index contributed by atoms with van der Waals surface area (Å²) in [6.07, 6.45) is 1.59. The smallest absolute Gasteiger partial charge is 0.224 e. The van der Waals surface area contributed by atoms with Crippen molar-refractivity contribution in [2.45, 2.75) is 5.38 Å². The maximum Gasteiger partial charge on any atom is 0.224 e. The van der Waals surface area contributed by atoms with Crippen molar-refractivity contribution in [2.75, 3.05) is 0 Å². The van der Waals surface area contributed by atoms with Gasteiger partial charge in [-0.2, -0.15) is 0 Å². The molecule has 0 aliphatic heterocycles. The fourth-order valence-electron chi connectivity index (χ4n) is 0.343. The molecule has 1 radical (unpaired) electrons. The molecule has 0 fully saturated rings. The third-order valence-corrected chi connectivity index (χ3v) is 1.58. The molecule has 1 unspecified atom stereocenters. The lowest BCUT2D eigenvalue weighted by Crippen LogP contribution is -1.90. The fourth-order valence-corrected chi connectivity index (χ4v) is 1.00. The highest BCUT2D eigenvalue weighted by Gasteiger charge is 2.08. The van der Waals surface area contributed by atoms with Gasteiger partial charge in [0.05, 0.1) is 0 Å². The molecule has 1 aromatic rings. The number of hydrogen-bond donors (Lipinski definition) is 0. The summed E-state index contributed by atoms with van der Waals surface area (Å²) in [4.78, 5) is 9.88. The van der Waals surface area contributed by atoms with Crippen molar-refractivity contribution in [1.82, 2.24) is 9.59 Å². The Morgan fingerprint density at radius 1 is 1.89 bits per heavy atom. The monoisotopic (exact) mass is 161 g/mol. The standard InChI is InChI=1S/C4H2ClN2OS/c5-3(1-8)4-2-9-7-6-4/h2-3H. The van der Waals surface area contributed by atoms with Gasteiger partial charge in [-0.15, -0.1) is 16.7 Å². The summed E-state index contributed by atoms with van der Waals surface area (Å²) >= 11 is 6.57. The third-order valence-electron chi connectivity index (χ3n) is 0.740. The Hall–Kier alpha value is -0.480. The molecular formula is C4H2ClN2OS. The van der Waals surface area contributed by atoms with E-state index in [4.69, 9.17) is 11.6 Å². The molecule has 1 atom stereocenters. The third kappa shape index (κ3) is 1.46. The Morgan fingerprint density at radius 2 is 2.67 bits per heavy atom. The Balaban J connectivity index is 2.76. The number of carbonyl (C=O) groups excluding carboxylic acids is 1. The van der Waals surface area contributed by atoms with Crippen molar-refractivity contribution in [3.63, 3.8) is 0 Å². The van der Waals surface area contributed by atoms with Crippen molar-refractivity contribution >= 4 is 29.4 Å². The number of nitrogens with zero attached hydrogens (tertiary/aromatic N) is 2. The molecular weight excluding hydrogens is 160 g/mol. The summed E-state index contributed by atoms with van der Waals surface area (Å²) in [5.41, 5.74) is 0.469. The lowest BCUT2D eigenvalue weighted by Gasteiger charge is -1.87. The van der Waals surface area contributed by atoms with E-state index < -0.39 is 5.38 Å². The van der Waals surface area contributed by atoms with Crippen LogP contribution in [-0.4, -0.2) is 15.9 Å². The van der Waals surface area contributed by atoms with Crippen molar-refractivity contribution in [3.05, 3.63) is 11.1 Å². The van der Waals surface area contributed by atoms with E-state index in [1.54, 1.807) is 11.7 Å². The van der Waals surface area contributed by atoms with Gasteiger partial charge in [-0.25, -0.2) is 0 Å². The van der Waals surface area contributed by atoms with Crippen molar-refractivity contribution in [3.8, 4) is 0 Å². The van der Waals surface area contributed by atoms with E-state index in [1.807, 2.05) is 0 Å². The van der Waals surface area contributed by atoms with Gasteiger partial charge >= 0.3 is 0 Å². The Bertz CT molecular complexity index is 188. The molecule has 0 amide bonds. The highest BCUT2D eigenvalue weighted by atomic mass is 35.5. The summed E-state index contributed by atoms with van der Waals surface area (Å²) in [5.74, 6) is 0. The topological polar surface area (TPSA) is 42.9 Å². The molecule has 0 bridgehead atoms. The van der Waals surface area contributed by atoms with Gasteiger partial charge in [0.15, 0.2) is 0 Å². The first kappa shape index (κ1) is 6.64. The van der Waals surface area contributed by atoms with Gasteiger partial charge < -0.3 is 0 Å². The van der Waals surface area contributed by atoms with E-state index in [1.165, 1.54) is 0 Å². The minimum absolute atomic E-state index is 0.469. The molecule has 3 nitrogen and oxygen atoms in total. The predicted molar refractivity (Wildman–Crippen MR) is 34.2 cm³/mol. The summed E-state index contributed by atoms with van der Waals surface area (Å²) in [5, 5.41) is 4.41. The van der Waals surface area contributed by atoms with Crippen LogP contribution in [0.2, 0.25) is 0 Å². The summed E-state index contributed by atoms with van der Waals surface area (Å²) in [6, 6.07) is 0. The second-order valence-corrected chi connectivity index (χ2v) is 2.36.